The van der Waals surface area contributed by atoms with Crippen LogP contribution in [-0.2, 0) is 37.6 Å². The number of nitrogens with one attached hydrogen (secondary N) is 1. The van der Waals surface area contributed by atoms with Crippen LogP contribution in [0.5, 0.6) is 0 Å². The van der Waals surface area contributed by atoms with Gasteiger partial charge in [-0.2, -0.15) is 0 Å². The zero-order chi connectivity index (χ0) is 36.2. The summed E-state index contributed by atoms with van der Waals surface area (Å²) in [7, 11) is -0.349. The number of phosphoric acid groups is 1. The van der Waals surface area contributed by atoms with E-state index in [9.17, 15) is 19.1 Å². The van der Waals surface area contributed by atoms with Crippen LogP contribution in [0.25, 0.3) is 0 Å². The van der Waals surface area contributed by atoms with Crippen LogP contribution >= 0.6 is 7.82 Å². The van der Waals surface area contributed by atoms with E-state index in [1.165, 1.54) is 84.8 Å². The first-order chi connectivity index (χ1) is 23.7. The molecule has 1 rings (SSSR count). The summed E-state index contributed by atoms with van der Waals surface area (Å²) in [6.07, 6.45) is 23.4. The lowest BCUT2D eigenvalue weighted by molar-refractivity contribution is -0.268. The van der Waals surface area contributed by atoms with Gasteiger partial charge in [0.1, 0.15) is 24.4 Å². The summed E-state index contributed by atoms with van der Waals surface area (Å²) < 4.78 is 46.1. The molecular formula is C37H72NO10P. The summed E-state index contributed by atoms with van der Waals surface area (Å²) >= 11 is 0. The quantitative estimate of drug-likeness (QED) is 0.0354. The molecule has 0 radical (unpaired) electrons. The number of methoxy groups -OCH3 is 3. The monoisotopic (exact) mass is 721 g/mol. The summed E-state index contributed by atoms with van der Waals surface area (Å²) in [4.78, 5) is 32.7. The van der Waals surface area contributed by atoms with Gasteiger partial charge in [0.25, 0.3) is 0 Å². The molecule has 1 amide bonds. The van der Waals surface area contributed by atoms with Crippen LogP contribution < -0.4 is 5.32 Å². The van der Waals surface area contributed by atoms with Gasteiger partial charge in [-0.05, 0) is 44.9 Å². The first-order valence-electron chi connectivity index (χ1n) is 19.2. The van der Waals surface area contributed by atoms with Crippen molar-refractivity contribution in [3.8, 4) is 0 Å². The molecule has 0 aliphatic carbocycles. The minimum absolute atomic E-state index is 0.0145. The molecule has 1 saturated heterocycles. The van der Waals surface area contributed by atoms with Gasteiger partial charge in [0.05, 0.1) is 12.7 Å². The van der Waals surface area contributed by atoms with Crippen LogP contribution in [0.2, 0.25) is 0 Å². The van der Waals surface area contributed by atoms with Crippen molar-refractivity contribution in [2.45, 2.75) is 185 Å². The number of allylic oxidation sites excluding steroid dienone is 2. The van der Waals surface area contributed by atoms with Gasteiger partial charge < -0.3 is 38.8 Å². The summed E-state index contributed by atoms with van der Waals surface area (Å²) in [5.41, 5.74) is 0. The standard InChI is InChI=1S/C37H72NO10P/c1-6-8-10-12-13-14-15-16-17-18-19-20-21-23-25-27-33(39)38-34-36(46-29-28-31(44-4)26-24-22-11-9-7-2)35(48-49(40,41)42)32(30-43-3)47-37(34)45-5/h14-15,31-32,34-37H,6-13,16-30H2,1-5H3,(H,38,39)(H2,40,41,42)/t31-,32-,34-,35-,36-,37-/m1/s1. The highest BCUT2D eigenvalue weighted by molar-refractivity contribution is 7.46. The molecule has 6 atom stereocenters. The molecule has 12 heteroatoms. The fraction of sp³-hybridized carbons (Fsp3) is 0.919. The number of carbonyl (C=O) groups excluding carboxylic acids is 1. The molecule has 1 fully saturated rings. The molecule has 49 heavy (non-hydrogen) atoms. The molecule has 290 valence electrons. The number of amides is 1. The first kappa shape index (κ1) is 46.1. The molecule has 0 aromatic heterocycles. The van der Waals surface area contributed by atoms with Crippen molar-refractivity contribution in [3.63, 3.8) is 0 Å². The summed E-state index contributed by atoms with van der Waals surface area (Å²) in [6.45, 7) is 4.65. The largest absolute Gasteiger partial charge is 0.470 e. The number of hydrogen-bond acceptors (Lipinski definition) is 8. The molecule has 1 aliphatic heterocycles. The van der Waals surface area contributed by atoms with Crippen molar-refractivity contribution in [2.75, 3.05) is 34.5 Å². The minimum Gasteiger partial charge on any atom is -0.382 e. The topological polar surface area (TPSA) is 142 Å². The Balaban J connectivity index is 2.66. The van der Waals surface area contributed by atoms with Crippen LogP contribution in [0.4, 0.5) is 0 Å². The van der Waals surface area contributed by atoms with Gasteiger partial charge in [-0.15, -0.1) is 0 Å². The molecule has 1 heterocycles. The lowest BCUT2D eigenvalue weighted by Crippen LogP contribution is -2.66. The van der Waals surface area contributed by atoms with Crippen molar-refractivity contribution < 1.29 is 47.4 Å². The Bertz CT molecular complexity index is 872. The molecule has 11 nitrogen and oxygen atoms in total. The molecule has 0 saturated carbocycles. The van der Waals surface area contributed by atoms with Gasteiger partial charge in [0, 0.05) is 34.4 Å². The average Bonchev–Trinajstić information content (AvgIpc) is 3.07. The second kappa shape index (κ2) is 29.7. The Morgan fingerprint density at radius 2 is 1.37 bits per heavy atom. The molecule has 3 N–H and O–H groups in total. The van der Waals surface area contributed by atoms with Crippen molar-refractivity contribution in [1.82, 2.24) is 5.32 Å². The fourth-order valence-electron chi connectivity index (χ4n) is 6.35. The second-order valence-corrected chi connectivity index (χ2v) is 14.6. The number of carbonyl (C=O) groups is 1. The Morgan fingerprint density at radius 3 is 1.94 bits per heavy atom. The molecule has 1 aliphatic rings. The third-order valence-electron chi connectivity index (χ3n) is 9.17. The number of ether oxygens (including phenoxy) is 5. The smallest absolute Gasteiger partial charge is 0.382 e. The molecule has 0 unspecified atom stereocenters. The highest BCUT2D eigenvalue weighted by Crippen LogP contribution is 2.42. The van der Waals surface area contributed by atoms with Crippen LogP contribution in [0.1, 0.15) is 149 Å². The van der Waals surface area contributed by atoms with E-state index in [4.69, 9.17) is 28.2 Å². The second-order valence-electron chi connectivity index (χ2n) is 13.4. The Hall–Kier alpha value is -0.880. The van der Waals surface area contributed by atoms with Crippen molar-refractivity contribution in [2.24, 2.45) is 0 Å². The average molecular weight is 722 g/mol. The van der Waals surface area contributed by atoms with Crippen LogP contribution in [0, 0.1) is 0 Å². The van der Waals surface area contributed by atoms with E-state index in [0.717, 1.165) is 51.4 Å². The Labute approximate surface area is 298 Å². The van der Waals surface area contributed by atoms with Crippen LogP contribution in [0.15, 0.2) is 12.2 Å². The zero-order valence-electron chi connectivity index (χ0n) is 31.5. The van der Waals surface area contributed by atoms with Crippen molar-refractivity contribution >= 4 is 13.7 Å². The van der Waals surface area contributed by atoms with Gasteiger partial charge in [-0.25, -0.2) is 4.57 Å². The number of hydrogen-bond donors (Lipinski definition) is 3. The fourth-order valence-corrected chi connectivity index (χ4v) is 6.92. The van der Waals surface area contributed by atoms with Gasteiger partial charge in [0.15, 0.2) is 6.29 Å². The molecule has 0 bridgehead atoms. The maximum atomic E-state index is 13.1. The van der Waals surface area contributed by atoms with Crippen molar-refractivity contribution in [3.05, 3.63) is 12.2 Å². The highest BCUT2D eigenvalue weighted by Gasteiger charge is 2.50. The molecule has 0 aromatic rings. The van der Waals surface area contributed by atoms with E-state index >= 15 is 0 Å². The first-order valence-corrected chi connectivity index (χ1v) is 20.7. The van der Waals surface area contributed by atoms with E-state index in [1.807, 2.05) is 0 Å². The summed E-state index contributed by atoms with van der Waals surface area (Å²) in [5.74, 6) is -0.201. The Morgan fingerprint density at radius 1 is 0.796 bits per heavy atom. The predicted molar refractivity (Wildman–Crippen MR) is 194 cm³/mol. The van der Waals surface area contributed by atoms with Gasteiger partial charge >= 0.3 is 7.82 Å². The van der Waals surface area contributed by atoms with E-state index in [2.05, 4.69) is 31.3 Å². The number of unbranched alkanes of at least 4 members (excludes halogenated alkanes) is 15. The third-order valence-corrected chi connectivity index (χ3v) is 9.69. The zero-order valence-corrected chi connectivity index (χ0v) is 32.4. The van der Waals surface area contributed by atoms with E-state index in [-0.39, 0.29) is 25.2 Å². The third kappa shape index (κ3) is 22.6. The molecular weight excluding hydrogens is 649 g/mol. The van der Waals surface area contributed by atoms with Gasteiger partial charge in [0.2, 0.25) is 5.91 Å². The molecule has 0 spiro atoms. The SMILES string of the molecule is CCCCCCC=CCCCCCCCCCC(=O)N[C@H]1[C@H](OC)O[C@H](COC)[C@@H](OP(=O)(O)O)[C@@H]1OCC[C@@H](CCCCCCC)OC. The number of rotatable bonds is 32. The highest BCUT2D eigenvalue weighted by atomic mass is 31.2. The summed E-state index contributed by atoms with van der Waals surface area (Å²) in [5, 5.41) is 2.98. The molecule has 0 aromatic carbocycles. The van der Waals surface area contributed by atoms with E-state index < -0.39 is 38.5 Å². The normalized spacial score (nSPS) is 22.1. The van der Waals surface area contributed by atoms with E-state index in [1.54, 1.807) is 7.11 Å². The van der Waals surface area contributed by atoms with Crippen LogP contribution in [0.3, 0.4) is 0 Å². The Kier molecular flexibility index (Phi) is 27.9. The maximum absolute atomic E-state index is 13.1. The van der Waals surface area contributed by atoms with Gasteiger partial charge in [-0.3, -0.25) is 9.32 Å². The minimum atomic E-state index is -4.95. The van der Waals surface area contributed by atoms with Crippen LogP contribution in [-0.4, -0.2) is 87.0 Å². The van der Waals surface area contributed by atoms with Gasteiger partial charge in [-0.1, -0.05) is 109 Å². The maximum Gasteiger partial charge on any atom is 0.470 e. The number of phosphoric ester groups is 1. The van der Waals surface area contributed by atoms with E-state index in [0.29, 0.717) is 12.8 Å². The van der Waals surface area contributed by atoms with Crippen molar-refractivity contribution in [1.29, 1.82) is 0 Å². The summed E-state index contributed by atoms with van der Waals surface area (Å²) in [6, 6.07) is -0.859. The lowest BCUT2D eigenvalue weighted by Gasteiger charge is -2.45. The lowest BCUT2D eigenvalue weighted by atomic mass is 9.96. The predicted octanol–water partition coefficient (Wildman–Crippen LogP) is 8.16.